The van der Waals surface area contributed by atoms with E-state index in [0.717, 1.165) is 19.3 Å². The highest BCUT2D eigenvalue weighted by atomic mass is 16.6. The van der Waals surface area contributed by atoms with Gasteiger partial charge in [-0.1, -0.05) is 19.3 Å². The summed E-state index contributed by atoms with van der Waals surface area (Å²) in [6.07, 6.45) is 4.84. The van der Waals surface area contributed by atoms with Crippen LogP contribution in [-0.2, 0) is 19.1 Å². The molecule has 0 bridgehead atoms. The Morgan fingerprint density at radius 1 is 1.08 bits per heavy atom. The fourth-order valence-electron chi connectivity index (χ4n) is 3.67. The first-order chi connectivity index (χ1) is 11.9. The van der Waals surface area contributed by atoms with Gasteiger partial charge >= 0.3 is 12.1 Å². The lowest BCUT2D eigenvalue weighted by Gasteiger charge is -2.37. The van der Waals surface area contributed by atoms with Crippen LogP contribution in [0.5, 0.6) is 0 Å². The number of amides is 2. The second-order valence-corrected chi connectivity index (χ2v) is 7.32. The Bertz CT molecular complexity index is 492. The lowest BCUT2D eigenvalue weighted by Crippen LogP contribution is -2.58. The first-order valence-electron chi connectivity index (χ1n) is 9.24. The molecule has 7 heteroatoms. The zero-order valence-corrected chi connectivity index (χ0v) is 15.5. The molecule has 0 unspecified atom stereocenters. The average Bonchev–Trinajstić information content (AvgIpc) is 2.61. The Morgan fingerprint density at radius 2 is 1.68 bits per heavy atom. The van der Waals surface area contributed by atoms with Gasteiger partial charge in [-0.15, -0.1) is 0 Å². The van der Waals surface area contributed by atoms with Gasteiger partial charge in [0, 0.05) is 19.0 Å². The molecule has 1 N–H and O–H groups in total. The predicted molar refractivity (Wildman–Crippen MR) is 91.9 cm³/mol. The van der Waals surface area contributed by atoms with Crippen LogP contribution in [0.1, 0.15) is 58.8 Å². The summed E-state index contributed by atoms with van der Waals surface area (Å²) in [5, 5.41) is 2.98. The van der Waals surface area contributed by atoms with Crippen molar-refractivity contribution in [1.82, 2.24) is 10.2 Å². The molecule has 0 atom stereocenters. The van der Waals surface area contributed by atoms with Crippen LogP contribution in [0.25, 0.3) is 0 Å². The maximum absolute atomic E-state index is 12.7. The van der Waals surface area contributed by atoms with Crippen LogP contribution in [0.4, 0.5) is 4.79 Å². The molecule has 2 aliphatic rings. The minimum Gasteiger partial charge on any atom is -0.467 e. The lowest BCUT2D eigenvalue weighted by atomic mass is 9.81. The summed E-state index contributed by atoms with van der Waals surface area (Å²) in [6, 6.07) is 0. The van der Waals surface area contributed by atoms with Gasteiger partial charge < -0.3 is 19.7 Å². The maximum Gasteiger partial charge on any atom is 0.410 e. The molecule has 0 radical (unpaired) electrons. The third kappa shape index (κ3) is 4.86. The van der Waals surface area contributed by atoms with E-state index in [9.17, 15) is 14.4 Å². The van der Waals surface area contributed by atoms with E-state index >= 15 is 0 Å². The zero-order chi connectivity index (χ0) is 18.4. The molecule has 0 aromatic carbocycles. The second-order valence-electron chi connectivity index (χ2n) is 7.32. The summed E-state index contributed by atoms with van der Waals surface area (Å²) in [4.78, 5) is 38.5. The molecule has 1 saturated carbocycles. The summed E-state index contributed by atoms with van der Waals surface area (Å²) in [5.74, 6) is -0.644. The third-order valence-electron chi connectivity index (χ3n) is 5.11. The van der Waals surface area contributed by atoms with E-state index in [1.165, 1.54) is 7.11 Å². The van der Waals surface area contributed by atoms with Crippen LogP contribution in [0.2, 0.25) is 0 Å². The first-order valence-corrected chi connectivity index (χ1v) is 9.24. The molecule has 0 spiro atoms. The topological polar surface area (TPSA) is 84.9 Å². The Morgan fingerprint density at radius 3 is 2.20 bits per heavy atom. The van der Waals surface area contributed by atoms with Crippen molar-refractivity contribution >= 4 is 18.0 Å². The molecule has 0 aromatic rings. The lowest BCUT2D eigenvalue weighted by molar-refractivity contribution is -0.153. The highest BCUT2D eigenvalue weighted by molar-refractivity contribution is 5.89. The van der Waals surface area contributed by atoms with Crippen LogP contribution < -0.4 is 5.32 Å². The molecule has 1 aliphatic heterocycles. The van der Waals surface area contributed by atoms with Crippen molar-refractivity contribution < 1.29 is 23.9 Å². The number of esters is 1. The number of hydrogen-bond donors (Lipinski definition) is 1. The monoisotopic (exact) mass is 354 g/mol. The molecule has 2 amide bonds. The van der Waals surface area contributed by atoms with E-state index in [0.29, 0.717) is 38.8 Å². The molecule has 1 aliphatic carbocycles. The van der Waals surface area contributed by atoms with E-state index < -0.39 is 5.54 Å². The van der Waals surface area contributed by atoms with Gasteiger partial charge in [-0.25, -0.2) is 9.59 Å². The number of carbonyl (C=O) groups excluding carboxylic acids is 3. The molecular formula is C18H30N2O5. The predicted octanol–water partition coefficient (Wildman–Crippen LogP) is 2.24. The van der Waals surface area contributed by atoms with Gasteiger partial charge in [-0.2, -0.15) is 0 Å². The summed E-state index contributed by atoms with van der Waals surface area (Å²) < 4.78 is 10.1. The van der Waals surface area contributed by atoms with Gasteiger partial charge in [0.25, 0.3) is 0 Å². The highest BCUT2D eigenvalue weighted by Crippen LogP contribution is 2.30. The molecule has 2 rings (SSSR count). The van der Waals surface area contributed by atoms with Crippen LogP contribution in [0.3, 0.4) is 0 Å². The summed E-state index contributed by atoms with van der Waals surface area (Å²) in [7, 11) is 1.36. The van der Waals surface area contributed by atoms with Gasteiger partial charge in [0.05, 0.1) is 13.2 Å². The second kappa shape index (κ2) is 8.54. The molecule has 25 heavy (non-hydrogen) atoms. The van der Waals surface area contributed by atoms with Gasteiger partial charge in [0.2, 0.25) is 5.91 Å². The number of ether oxygens (including phenoxy) is 2. The van der Waals surface area contributed by atoms with E-state index in [4.69, 9.17) is 9.47 Å². The number of nitrogens with one attached hydrogen (secondary N) is 1. The van der Waals surface area contributed by atoms with Gasteiger partial charge in [0.15, 0.2) is 0 Å². The number of carbonyl (C=O) groups is 3. The van der Waals surface area contributed by atoms with Crippen molar-refractivity contribution in [2.45, 2.75) is 70.4 Å². The normalized spacial score (nSPS) is 20.9. The fraction of sp³-hybridized carbons (Fsp3) is 0.833. The molecule has 2 fully saturated rings. The SMILES string of the molecule is COC(=O)C1(NC(=O)C2CCN(C(=O)OC(C)C)CC2)CCCCC1. The quantitative estimate of drug-likeness (QED) is 0.783. The van der Waals surface area contributed by atoms with Crippen LogP contribution in [-0.4, -0.2) is 54.7 Å². The van der Waals surface area contributed by atoms with Crippen LogP contribution in [0.15, 0.2) is 0 Å². The van der Waals surface area contributed by atoms with Crippen molar-refractivity contribution in [1.29, 1.82) is 0 Å². The first kappa shape index (κ1) is 19.5. The van der Waals surface area contributed by atoms with E-state index in [1.54, 1.807) is 4.90 Å². The van der Waals surface area contributed by atoms with Gasteiger partial charge in [-0.3, -0.25) is 4.79 Å². The summed E-state index contributed by atoms with van der Waals surface area (Å²) >= 11 is 0. The molecular weight excluding hydrogens is 324 g/mol. The van der Waals surface area contributed by atoms with Crippen molar-refractivity contribution in [2.24, 2.45) is 5.92 Å². The third-order valence-corrected chi connectivity index (χ3v) is 5.11. The number of likely N-dealkylation sites (tertiary alicyclic amines) is 1. The number of piperidine rings is 1. The molecule has 0 aromatic heterocycles. The van der Waals surface area contributed by atoms with Gasteiger partial charge in [-0.05, 0) is 39.5 Å². The average molecular weight is 354 g/mol. The number of hydrogen-bond acceptors (Lipinski definition) is 5. The molecule has 142 valence electrons. The van der Waals surface area contributed by atoms with E-state index in [2.05, 4.69) is 5.32 Å². The van der Waals surface area contributed by atoms with Gasteiger partial charge in [0.1, 0.15) is 5.54 Å². The number of rotatable bonds is 4. The smallest absolute Gasteiger partial charge is 0.410 e. The molecule has 7 nitrogen and oxygen atoms in total. The largest absolute Gasteiger partial charge is 0.467 e. The standard InChI is InChI=1S/C18H30N2O5/c1-13(2)25-17(23)20-11-7-14(8-12-20)15(21)19-18(16(22)24-3)9-5-4-6-10-18/h13-14H,4-12H2,1-3H3,(H,19,21). The minimum absolute atomic E-state index is 0.107. The summed E-state index contributed by atoms with van der Waals surface area (Å²) in [5.41, 5.74) is -0.877. The van der Waals surface area contributed by atoms with E-state index in [-0.39, 0.29) is 30.0 Å². The van der Waals surface area contributed by atoms with Crippen LogP contribution >= 0.6 is 0 Å². The fourth-order valence-corrected chi connectivity index (χ4v) is 3.67. The number of nitrogens with zero attached hydrogens (tertiary/aromatic N) is 1. The molecule has 1 saturated heterocycles. The van der Waals surface area contributed by atoms with Crippen molar-refractivity contribution in [2.75, 3.05) is 20.2 Å². The molecule has 1 heterocycles. The van der Waals surface area contributed by atoms with Crippen molar-refractivity contribution in [3.05, 3.63) is 0 Å². The van der Waals surface area contributed by atoms with Crippen molar-refractivity contribution in [3.8, 4) is 0 Å². The Labute approximate surface area is 149 Å². The van der Waals surface area contributed by atoms with Crippen molar-refractivity contribution in [3.63, 3.8) is 0 Å². The summed E-state index contributed by atoms with van der Waals surface area (Å²) in [6.45, 7) is 4.62. The van der Waals surface area contributed by atoms with E-state index in [1.807, 2.05) is 13.8 Å². The maximum atomic E-state index is 12.7. The zero-order valence-electron chi connectivity index (χ0n) is 15.5. The minimum atomic E-state index is -0.877. The Kier molecular flexibility index (Phi) is 6.67. The highest BCUT2D eigenvalue weighted by Gasteiger charge is 2.43. The van der Waals surface area contributed by atoms with Crippen LogP contribution in [0, 0.1) is 5.92 Å². The number of methoxy groups -OCH3 is 1. The Hall–Kier alpha value is -1.79. The Balaban J connectivity index is 1.91.